The third kappa shape index (κ3) is 3.45. The largest absolute Gasteiger partial charge is 0.467 e. The average molecular weight is 240 g/mol. The van der Waals surface area contributed by atoms with Gasteiger partial charge in [0.25, 0.3) is 0 Å². The van der Waals surface area contributed by atoms with Crippen LogP contribution >= 0.6 is 0 Å². The van der Waals surface area contributed by atoms with E-state index >= 15 is 0 Å². The van der Waals surface area contributed by atoms with Crippen LogP contribution in [0.3, 0.4) is 0 Å². The highest BCUT2D eigenvalue weighted by atomic mass is 16.5. The first-order chi connectivity index (χ1) is 7.79. The molecule has 0 spiro atoms. The predicted octanol–water partition coefficient (Wildman–Crippen LogP) is 2.44. The second-order valence-corrected chi connectivity index (χ2v) is 6.05. The molecule has 1 unspecified atom stereocenters. The molecule has 1 aliphatic heterocycles. The van der Waals surface area contributed by atoms with Gasteiger partial charge in [0, 0.05) is 12.8 Å². The van der Waals surface area contributed by atoms with Crippen molar-refractivity contribution in [3.63, 3.8) is 0 Å². The molecule has 4 nitrogen and oxygen atoms in total. The normalized spacial score (nSPS) is 25.6. The van der Waals surface area contributed by atoms with Gasteiger partial charge < -0.3 is 4.74 Å². The van der Waals surface area contributed by atoms with Crippen LogP contribution in [0.4, 0.5) is 0 Å². The van der Waals surface area contributed by atoms with Gasteiger partial charge in [-0.1, -0.05) is 20.8 Å². The fourth-order valence-electron chi connectivity index (χ4n) is 1.97. The number of ether oxygens (including phenoxy) is 1. The lowest BCUT2D eigenvalue weighted by atomic mass is 9.93. The van der Waals surface area contributed by atoms with E-state index in [-0.39, 0.29) is 11.4 Å². The first-order valence-electron chi connectivity index (χ1n) is 6.18. The molecule has 0 aromatic rings. The van der Waals surface area contributed by atoms with Gasteiger partial charge in [0.1, 0.15) is 0 Å². The van der Waals surface area contributed by atoms with E-state index in [0.29, 0.717) is 0 Å². The van der Waals surface area contributed by atoms with E-state index in [1.54, 1.807) is 0 Å². The third-order valence-electron chi connectivity index (χ3n) is 3.15. The Labute approximate surface area is 104 Å². The minimum atomic E-state index is -0.580. The van der Waals surface area contributed by atoms with E-state index in [4.69, 9.17) is 4.74 Å². The number of rotatable bonds is 3. The number of nitrogens with zero attached hydrogens (tertiary/aromatic N) is 2. The van der Waals surface area contributed by atoms with Crippen LogP contribution in [-0.4, -0.2) is 36.4 Å². The van der Waals surface area contributed by atoms with Gasteiger partial charge in [0.15, 0.2) is 5.54 Å². The van der Waals surface area contributed by atoms with Crippen LogP contribution in [-0.2, 0) is 9.53 Å². The topological polar surface area (TPSA) is 41.9 Å². The lowest BCUT2D eigenvalue weighted by molar-refractivity contribution is -0.152. The van der Waals surface area contributed by atoms with Crippen LogP contribution in [0.25, 0.3) is 0 Å². The van der Waals surface area contributed by atoms with E-state index in [9.17, 15) is 4.79 Å². The molecule has 1 rings (SSSR count). The van der Waals surface area contributed by atoms with Crippen molar-refractivity contribution < 1.29 is 9.53 Å². The lowest BCUT2D eigenvalue weighted by Gasteiger charge is -2.30. The van der Waals surface area contributed by atoms with E-state index in [0.717, 1.165) is 25.8 Å². The molecule has 17 heavy (non-hydrogen) atoms. The Balaban J connectivity index is 2.67. The van der Waals surface area contributed by atoms with Crippen molar-refractivity contribution in [2.75, 3.05) is 13.7 Å². The van der Waals surface area contributed by atoms with Gasteiger partial charge in [-0.15, -0.1) is 0 Å². The summed E-state index contributed by atoms with van der Waals surface area (Å²) < 4.78 is 4.86. The minimum Gasteiger partial charge on any atom is -0.467 e. The number of hydrogen-bond donors (Lipinski definition) is 0. The zero-order valence-electron chi connectivity index (χ0n) is 11.6. The highest BCUT2D eigenvalue weighted by molar-refractivity contribution is 5.80. The van der Waals surface area contributed by atoms with Gasteiger partial charge in [-0.3, -0.25) is 5.01 Å². The predicted molar refractivity (Wildman–Crippen MR) is 68.9 cm³/mol. The molecular formula is C13H24N2O2. The maximum absolute atomic E-state index is 11.8. The zero-order valence-corrected chi connectivity index (χ0v) is 11.6. The fraction of sp³-hybridized carbons (Fsp3) is 0.846. The summed E-state index contributed by atoms with van der Waals surface area (Å²) in [4.78, 5) is 11.8. The molecule has 1 heterocycles. The Morgan fingerprint density at radius 3 is 2.71 bits per heavy atom. The molecule has 1 atom stereocenters. The molecule has 0 N–H and O–H groups in total. The molecule has 0 aromatic heterocycles. The Morgan fingerprint density at radius 2 is 2.18 bits per heavy atom. The highest BCUT2D eigenvalue weighted by Crippen LogP contribution is 2.30. The minimum absolute atomic E-state index is 0.192. The van der Waals surface area contributed by atoms with Crippen molar-refractivity contribution in [3.8, 4) is 0 Å². The second-order valence-electron chi connectivity index (χ2n) is 6.05. The molecule has 4 heteroatoms. The van der Waals surface area contributed by atoms with Gasteiger partial charge in [0.2, 0.25) is 0 Å². The monoisotopic (exact) mass is 240 g/mol. The van der Waals surface area contributed by atoms with Gasteiger partial charge in [-0.05, 0) is 31.6 Å². The molecular weight excluding hydrogens is 216 g/mol. The molecule has 0 aromatic carbocycles. The van der Waals surface area contributed by atoms with Crippen LogP contribution in [0.15, 0.2) is 5.10 Å². The van der Waals surface area contributed by atoms with Crippen molar-refractivity contribution >= 4 is 12.2 Å². The summed E-state index contributed by atoms with van der Waals surface area (Å²) in [6.07, 6.45) is 4.61. The van der Waals surface area contributed by atoms with Crippen LogP contribution in [0.5, 0.6) is 0 Å². The first-order valence-corrected chi connectivity index (χ1v) is 6.18. The summed E-state index contributed by atoms with van der Waals surface area (Å²) in [6.45, 7) is 9.24. The van der Waals surface area contributed by atoms with Gasteiger partial charge in [-0.2, -0.15) is 5.10 Å². The number of methoxy groups -OCH3 is 1. The summed E-state index contributed by atoms with van der Waals surface area (Å²) in [5.74, 6) is -0.192. The quantitative estimate of drug-likeness (QED) is 0.562. The highest BCUT2D eigenvalue weighted by Gasteiger charge is 2.44. The Morgan fingerprint density at radius 1 is 1.53 bits per heavy atom. The van der Waals surface area contributed by atoms with Crippen molar-refractivity contribution in [2.24, 2.45) is 10.5 Å². The average Bonchev–Trinajstić information content (AvgIpc) is 2.59. The van der Waals surface area contributed by atoms with Crippen molar-refractivity contribution in [1.82, 2.24) is 5.01 Å². The van der Waals surface area contributed by atoms with E-state index in [2.05, 4.69) is 25.9 Å². The third-order valence-corrected chi connectivity index (χ3v) is 3.15. The number of carbonyl (C=O) groups excluding carboxylic acids is 1. The number of esters is 1. The smallest absolute Gasteiger partial charge is 0.333 e. The summed E-state index contributed by atoms with van der Waals surface area (Å²) >= 11 is 0. The number of carbonyl (C=O) groups is 1. The van der Waals surface area contributed by atoms with Gasteiger partial charge >= 0.3 is 5.97 Å². The van der Waals surface area contributed by atoms with Gasteiger partial charge in [0.05, 0.1) is 7.11 Å². The Hall–Kier alpha value is -1.06. The lowest BCUT2D eigenvalue weighted by Crippen LogP contribution is -2.46. The maximum Gasteiger partial charge on any atom is 0.333 e. The van der Waals surface area contributed by atoms with Crippen LogP contribution < -0.4 is 0 Å². The van der Waals surface area contributed by atoms with Crippen molar-refractivity contribution in [1.29, 1.82) is 0 Å². The van der Waals surface area contributed by atoms with Crippen molar-refractivity contribution in [2.45, 2.75) is 52.5 Å². The van der Waals surface area contributed by atoms with Crippen LogP contribution in [0.2, 0.25) is 0 Å². The zero-order chi connectivity index (χ0) is 13.1. The molecule has 1 saturated heterocycles. The molecule has 1 fully saturated rings. The summed E-state index contributed by atoms with van der Waals surface area (Å²) in [7, 11) is 1.43. The first kappa shape index (κ1) is 14.0. The molecule has 0 aliphatic carbocycles. The summed E-state index contributed by atoms with van der Waals surface area (Å²) in [5.41, 5.74) is -0.353. The molecule has 0 bridgehead atoms. The number of hydrogen-bond acceptors (Lipinski definition) is 4. The second kappa shape index (κ2) is 5.07. The van der Waals surface area contributed by atoms with E-state index < -0.39 is 5.54 Å². The standard InChI is InChI=1S/C13H24N2O2/c1-12(2,3)8-9-14-15-10-6-7-13(15,4)11(16)17-5/h9H,6-8,10H2,1-5H3/b14-9+. The summed E-state index contributed by atoms with van der Waals surface area (Å²) in [5, 5.41) is 6.30. The Bertz CT molecular complexity index is 307. The molecule has 98 valence electrons. The summed E-state index contributed by atoms with van der Waals surface area (Å²) in [6, 6.07) is 0. The number of hydrazone groups is 1. The maximum atomic E-state index is 11.8. The van der Waals surface area contributed by atoms with Crippen LogP contribution in [0, 0.1) is 5.41 Å². The van der Waals surface area contributed by atoms with E-state index in [1.165, 1.54) is 7.11 Å². The molecule has 0 radical (unpaired) electrons. The van der Waals surface area contributed by atoms with E-state index in [1.807, 2.05) is 18.1 Å². The van der Waals surface area contributed by atoms with Gasteiger partial charge in [-0.25, -0.2) is 4.79 Å². The SMILES string of the molecule is COC(=O)C1(C)CCCN1/N=C/CC(C)(C)C. The Kier molecular flexibility index (Phi) is 4.17. The fourth-order valence-corrected chi connectivity index (χ4v) is 1.97. The van der Waals surface area contributed by atoms with Crippen molar-refractivity contribution in [3.05, 3.63) is 0 Å². The molecule has 0 saturated carbocycles. The molecule has 0 amide bonds. The molecule has 1 aliphatic rings. The van der Waals surface area contributed by atoms with Crippen LogP contribution in [0.1, 0.15) is 47.0 Å².